The Bertz CT molecular complexity index is 997. The molecule has 0 saturated carbocycles. The summed E-state index contributed by atoms with van der Waals surface area (Å²) in [6.45, 7) is -1.26. The highest BCUT2D eigenvalue weighted by molar-refractivity contribution is 7.80. The Labute approximate surface area is 178 Å². The van der Waals surface area contributed by atoms with Crippen LogP contribution < -0.4 is 20.1 Å². The minimum absolute atomic E-state index is 0.0345. The minimum atomic E-state index is -3.00. The largest absolute Gasteiger partial charge is 0.495 e. The number of alkyl halides is 2. The predicted molar refractivity (Wildman–Crippen MR) is 114 cm³/mol. The first kappa shape index (κ1) is 21.5. The van der Waals surface area contributed by atoms with Gasteiger partial charge in [-0.15, -0.1) is 0 Å². The van der Waals surface area contributed by atoms with E-state index in [4.69, 9.17) is 17.0 Å². The fourth-order valence-corrected chi connectivity index (χ4v) is 3.48. The number of anilines is 1. The van der Waals surface area contributed by atoms with Crippen molar-refractivity contribution in [2.24, 2.45) is 0 Å². The molecule has 2 N–H and O–H groups in total. The number of hydrogen-bond donors (Lipinski definition) is 2. The number of rotatable bonds is 6. The van der Waals surface area contributed by atoms with Crippen molar-refractivity contribution in [1.29, 1.82) is 0 Å². The van der Waals surface area contributed by atoms with Gasteiger partial charge in [-0.2, -0.15) is 8.78 Å². The maximum atomic E-state index is 13.3. The highest BCUT2D eigenvalue weighted by atomic mass is 32.1. The Morgan fingerprint density at radius 1 is 1.17 bits per heavy atom. The van der Waals surface area contributed by atoms with Gasteiger partial charge in [-0.25, -0.2) is 0 Å². The lowest BCUT2D eigenvalue weighted by atomic mass is 9.93. The van der Waals surface area contributed by atoms with Crippen molar-refractivity contribution in [3.05, 3.63) is 65.4 Å². The quantitative estimate of drug-likeness (QED) is 0.670. The molecular formula is C21H21F2N3O3S. The number of allylic oxidation sites excluding steroid dienone is 1. The van der Waals surface area contributed by atoms with E-state index in [1.807, 2.05) is 0 Å². The zero-order chi connectivity index (χ0) is 21.8. The number of halogens is 2. The van der Waals surface area contributed by atoms with Crippen LogP contribution in [0.5, 0.6) is 11.5 Å². The second-order valence-corrected chi connectivity index (χ2v) is 6.90. The molecule has 1 atom stereocenters. The van der Waals surface area contributed by atoms with Crippen LogP contribution in [0.3, 0.4) is 0 Å². The van der Waals surface area contributed by atoms with Crippen molar-refractivity contribution in [2.45, 2.75) is 19.6 Å². The number of nitrogens with zero attached hydrogens (tertiary/aromatic N) is 1. The number of ether oxygens (including phenoxy) is 2. The number of thiocarbonyl (C=S) groups is 1. The molecule has 1 aliphatic heterocycles. The number of benzene rings is 2. The van der Waals surface area contributed by atoms with E-state index >= 15 is 0 Å². The van der Waals surface area contributed by atoms with Gasteiger partial charge in [0.25, 0.3) is 5.91 Å². The van der Waals surface area contributed by atoms with Crippen molar-refractivity contribution in [2.75, 3.05) is 19.5 Å². The number of carbonyl (C=O) groups is 1. The third kappa shape index (κ3) is 4.35. The Hall–Kier alpha value is -3.20. The molecule has 1 aliphatic rings. The summed E-state index contributed by atoms with van der Waals surface area (Å²) < 4.78 is 35.8. The van der Waals surface area contributed by atoms with E-state index < -0.39 is 18.6 Å². The minimum Gasteiger partial charge on any atom is -0.495 e. The van der Waals surface area contributed by atoms with Crippen LogP contribution in [0.1, 0.15) is 18.5 Å². The van der Waals surface area contributed by atoms with E-state index in [0.717, 1.165) is 0 Å². The van der Waals surface area contributed by atoms with Gasteiger partial charge in [0.15, 0.2) is 5.11 Å². The molecular weight excluding hydrogens is 412 g/mol. The molecule has 0 aliphatic carbocycles. The molecule has 2 aromatic carbocycles. The topological polar surface area (TPSA) is 62.8 Å². The van der Waals surface area contributed by atoms with Crippen molar-refractivity contribution in [3.8, 4) is 11.5 Å². The van der Waals surface area contributed by atoms with Crippen molar-refractivity contribution in [1.82, 2.24) is 10.2 Å². The van der Waals surface area contributed by atoms with E-state index in [1.54, 1.807) is 61.3 Å². The summed E-state index contributed by atoms with van der Waals surface area (Å²) in [4.78, 5) is 14.9. The smallest absolute Gasteiger partial charge is 0.387 e. The van der Waals surface area contributed by atoms with Gasteiger partial charge in [-0.1, -0.05) is 30.3 Å². The zero-order valence-electron chi connectivity index (χ0n) is 16.6. The monoisotopic (exact) mass is 433 g/mol. The van der Waals surface area contributed by atoms with Crippen molar-refractivity contribution in [3.63, 3.8) is 0 Å². The van der Waals surface area contributed by atoms with Gasteiger partial charge in [0.05, 0.1) is 24.4 Å². The van der Waals surface area contributed by atoms with Crippen LogP contribution in [-0.2, 0) is 4.79 Å². The maximum Gasteiger partial charge on any atom is 0.387 e. The molecule has 9 heteroatoms. The fraction of sp³-hybridized carbons (Fsp3) is 0.238. The summed E-state index contributed by atoms with van der Waals surface area (Å²) in [5.74, 6) is 0.0400. The Kier molecular flexibility index (Phi) is 6.51. The fourth-order valence-electron chi connectivity index (χ4n) is 3.22. The van der Waals surface area contributed by atoms with E-state index in [2.05, 4.69) is 15.4 Å². The second-order valence-electron chi connectivity index (χ2n) is 6.51. The van der Waals surface area contributed by atoms with Gasteiger partial charge in [0.1, 0.15) is 11.5 Å². The maximum absolute atomic E-state index is 13.3. The molecule has 3 rings (SSSR count). The molecule has 0 spiro atoms. The lowest BCUT2D eigenvalue weighted by molar-refractivity contribution is -0.113. The number of hydrogen-bond acceptors (Lipinski definition) is 4. The van der Waals surface area contributed by atoms with Gasteiger partial charge in [0.2, 0.25) is 0 Å². The highest BCUT2D eigenvalue weighted by Gasteiger charge is 2.34. The summed E-state index contributed by atoms with van der Waals surface area (Å²) in [6, 6.07) is 12.5. The third-order valence-electron chi connectivity index (χ3n) is 4.80. The summed E-state index contributed by atoms with van der Waals surface area (Å²) in [5, 5.41) is 6.25. The van der Waals surface area contributed by atoms with Crippen LogP contribution in [0, 0.1) is 0 Å². The van der Waals surface area contributed by atoms with Crippen LogP contribution in [-0.4, -0.2) is 36.7 Å². The summed E-state index contributed by atoms with van der Waals surface area (Å²) in [5.41, 5.74) is 1.76. The predicted octanol–water partition coefficient (Wildman–Crippen LogP) is 4.07. The number of methoxy groups -OCH3 is 1. The molecule has 30 heavy (non-hydrogen) atoms. The molecule has 1 amide bonds. The van der Waals surface area contributed by atoms with Crippen molar-refractivity contribution >= 4 is 28.9 Å². The first-order valence-corrected chi connectivity index (χ1v) is 9.47. The number of amides is 1. The summed E-state index contributed by atoms with van der Waals surface area (Å²) in [7, 11) is 3.23. The molecule has 0 bridgehead atoms. The molecule has 2 aromatic rings. The molecule has 6 nitrogen and oxygen atoms in total. The average Bonchev–Trinajstić information content (AvgIpc) is 2.72. The van der Waals surface area contributed by atoms with Gasteiger partial charge in [-0.05, 0) is 37.3 Å². The SMILES string of the molecule is COc1ccccc1NC(=O)C1=C(C)N(C)C(=S)NC1c1ccccc1OC(F)F. The van der Waals surface area contributed by atoms with E-state index in [1.165, 1.54) is 13.2 Å². The van der Waals surface area contributed by atoms with E-state index in [0.29, 0.717) is 33.4 Å². The van der Waals surface area contributed by atoms with E-state index in [-0.39, 0.29) is 5.75 Å². The standard InChI is InChI=1S/C21H21F2N3O3S/c1-12-17(19(27)24-14-9-5-7-11-16(14)28-3)18(25-21(30)26(12)2)13-8-4-6-10-15(13)29-20(22)23/h4-11,18,20H,1-3H3,(H,24,27)(H,25,30). The first-order valence-electron chi connectivity index (χ1n) is 9.06. The van der Waals surface area contributed by atoms with Gasteiger partial charge in [0, 0.05) is 18.3 Å². The molecule has 0 fully saturated rings. The Morgan fingerprint density at radius 3 is 2.47 bits per heavy atom. The molecule has 158 valence electrons. The zero-order valence-corrected chi connectivity index (χ0v) is 17.4. The highest BCUT2D eigenvalue weighted by Crippen LogP contribution is 2.36. The third-order valence-corrected chi connectivity index (χ3v) is 5.19. The van der Waals surface area contributed by atoms with Gasteiger partial charge >= 0.3 is 6.61 Å². The van der Waals surface area contributed by atoms with Crippen LogP contribution in [0.25, 0.3) is 0 Å². The molecule has 0 radical (unpaired) electrons. The summed E-state index contributed by atoms with van der Waals surface area (Å²) >= 11 is 5.36. The Morgan fingerprint density at radius 2 is 1.80 bits per heavy atom. The molecule has 0 saturated heterocycles. The first-order chi connectivity index (χ1) is 14.3. The van der Waals surface area contributed by atoms with Crippen LogP contribution in [0.2, 0.25) is 0 Å². The Balaban J connectivity index is 2.05. The molecule has 0 aromatic heterocycles. The average molecular weight is 433 g/mol. The lowest BCUT2D eigenvalue weighted by Gasteiger charge is -2.36. The normalized spacial score (nSPS) is 16.4. The molecule has 1 heterocycles. The van der Waals surface area contributed by atoms with Crippen LogP contribution in [0.4, 0.5) is 14.5 Å². The molecule has 1 unspecified atom stereocenters. The van der Waals surface area contributed by atoms with Crippen LogP contribution in [0.15, 0.2) is 59.8 Å². The lowest BCUT2D eigenvalue weighted by Crippen LogP contribution is -2.46. The van der Waals surface area contributed by atoms with Crippen LogP contribution >= 0.6 is 12.2 Å². The van der Waals surface area contributed by atoms with Gasteiger partial charge < -0.3 is 25.0 Å². The van der Waals surface area contributed by atoms with Gasteiger partial charge in [-0.3, -0.25) is 4.79 Å². The number of carbonyl (C=O) groups excluding carboxylic acids is 1. The second kappa shape index (κ2) is 9.08. The summed E-state index contributed by atoms with van der Waals surface area (Å²) in [6.07, 6.45) is 0. The number of nitrogens with one attached hydrogen (secondary N) is 2. The number of para-hydroxylation sites is 3. The van der Waals surface area contributed by atoms with E-state index in [9.17, 15) is 13.6 Å². The van der Waals surface area contributed by atoms with Crippen molar-refractivity contribution < 1.29 is 23.0 Å².